The van der Waals surface area contributed by atoms with E-state index in [-0.39, 0.29) is 17.5 Å². The van der Waals surface area contributed by atoms with E-state index in [0.717, 1.165) is 36.3 Å². The van der Waals surface area contributed by atoms with Crippen LogP contribution < -0.4 is 5.69 Å². The zero-order valence-electron chi connectivity index (χ0n) is 14.2. The monoisotopic (exact) mass is 329 g/mol. The van der Waals surface area contributed by atoms with Crippen molar-refractivity contribution in [3.8, 4) is 0 Å². The van der Waals surface area contributed by atoms with Gasteiger partial charge < -0.3 is 9.88 Å². The van der Waals surface area contributed by atoms with Crippen molar-refractivity contribution in [1.29, 1.82) is 0 Å². The van der Waals surface area contributed by atoms with Gasteiger partial charge in [0.15, 0.2) is 0 Å². The summed E-state index contributed by atoms with van der Waals surface area (Å²) in [4.78, 5) is 32.3. The first kappa shape index (κ1) is 16.4. The number of nitrogens with one attached hydrogen (secondary N) is 1. The number of rotatable bonds is 4. The van der Waals surface area contributed by atoms with Crippen molar-refractivity contribution in [1.82, 2.24) is 24.6 Å². The molecule has 1 fully saturated rings. The summed E-state index contributed by atoms with van der Waals surface area (Å²) >= 11 is 0. The molecule has 1 aliphatic rings. The van der Waals surface area contributed by atoms with Gasteiger partial charge in [0, 0.05) is 50.1 Å². The lowest BCUT2D eigenvalue weighted by Crippen LogP contribution is -2.39. The quantitative estimate of drug-likeness (QED) is 0.912. The largest absolute Gasteiger partial charge is 0.345 e. The normalized spacial score (nSPS) is 17.9. The van der Waals surface area contributed by atoms with E-state index in [1.54, 1.807) is 0 Å². The highest BCUT2D eigenvalue weighted by Crippen LogP contribution is 2.25. The highest BCUT2D eigenvalue weighted by atomic mass is 16.2. The first-order valence-corrected chi connectivity index (χ1v) is 8.35. The minimum absolute atomic E-state index is 0.166. The maximum Gasteiger partial charge on any atom is 0.345 e. The highest BCUT2D eigenvalue weighted by Gasteiger charge is 2.25. The van der Waals surface area contributed by atoms with Gasteiger partial charge in [0.05, 0.1) is 6.20 Å². The van der Waals surface area contributed by atoms with Crippen molar-refractivity contribution >= 4 is 5.91 Å². The van der Waals surface area contributed by atoms with Crippen molar-refractivity contribution in [3.05, 3.63) is 45.9 Å². The van der Waals surface area contributed by atoms with E-state index in [0.29, 0.717) is 19.4 Å². The molecule has 0 aliphatic carbocycles. The summed E-state index contributed by atoms with van der Waals surface area (Å²) in [6.45, 7) is 3.46. The van der Waals surface area contributed by atoms with Crippen LogP contribution in [0.4, 0.5) is 0 Å². The van der Waals surface area contributed by atoms with Gasteiger partial charge in [0.2, 0.25) is 5.91 Å². The fourth-order valence-electron chi connectivity index (χ4n) is 3.27. The Kier molecular flexibility index (Phi) is 4.78. The first-order valence-electron chi connectivity index (χ1n) is 8.35. The zero-order valence-corrected chi connectivity index (χ0v) is 14.2. The van der Waals surface area contributed by atoms with Crippen molar-refractivity contribution in [2.24, 2.45) is 7.05 Å². The van der Waals surface area contributed by atoms with Crippen molar-refractivity contribution < 1.29 is 4.79 Å². The number of likely N-dealkylation sites (tertiary alicyclic amines) is 1. The summed E-state index contributed by atoms with van der Waals surface area (Å²) in [7, 11) is 1.91. The van der Waals surface area contributed by atoms with E-state index in [4.69, 9.17) is 0 Å². The third-order valence-corrected chi connectivity index (χ3v) is 4.86. The van der Waals surface area contributed by atoms with Crippen LogP contribution in [0.2, 0.25) is 0 Å². The van der Waals surface area contributed by atoms with Gasteiger partial charge in [-0.25, -0.2) is 9.78 Å². The minimum Gasteiger partial charge on any atom is -0.342 e. The Bertz CT molecular complexity index is 779. The summed E-state index contributed by atoms with van der Waals surface area (Å²) in [5.41, 5.74) is 2.77. The van der Waals surface area contributed by atoms with Gasteiger partial charge in [-0.05, 0) is 37.8 Å². The number of piperidine rings is 1. The molecule has 1 atom stereocenters. The SMILES string of the molecule is Cc1c(CCC(=O)N2CCC[C@H](c3ccnc(=O)[nH]3)C2)cnn1C. The maximum absolute atomic E-state index is 12.5. The average Bonchev–Trinajstić information content (AvgIpc) is 2.91. The molecule has 2 aromatic heterocycles. The second kappa shape index (κ2) is 6.98. The van der Waals surface area contributed by atoms with E-state index in [1.807, 2.05) is 35.8 Å². The Morgan fingerprint density at radius 2 is 2.29 bits per heavy atom. The maximum atomic E-state index is 12.5. The molecule has 7 nitrogen and oxygen atoms in total. The standard InChI is InChI=1S/C17H23N5O2/c1-12-13(10-19-21(12)2)5-6-16(23)22-9-3-4-14(11-22)15-7-8-18-17(24)20-15/h7-8,10,14H,3-6,9,11H2,1-2H3,(H,18,20,24)/t14-/m0/s1. The first-order chi connectivity index (χ1) is 11.5. The minimum atomic E-state index is -0.331. The van der Waals surface area contributed by atoms with Crippen LogP contribution in [0.15, 0.2) is 23.3 Å². The third kappa shape index (κ3) is 3.55. The molecule has 24 heavy (non-hydrogen) atoms. The molecule has 0 aromatic carbocycles. The molecule has 2 aromatic rings. The Morgan fingerprint density at radius 3 is 3.00 bits per heavy atom. The number of hydrogen-bond donors (Lipinski definition) is 1. The lowest BCUT2D eigenvalue weighted by molar-refractivity contribution is -0.132. The van der Waals surface area contributed by atoms with Gasteiger partial charge in [0.1, 0.15) is 0 Å². The summed E-state index contributed by atoms with van der Waals surface area (Å²) < 4.78 is 1.83. The van der Waals surface area contributed by atoms with Gasteiger partial charge in [-0.15, -0.1) is 0 Å². The second-order valence-electron chi connectivity index (χ2n) is 6.39. The lowest BCUT2D eigenvalue weighted by atomic mass is 9.94. The molecule has 7 heteroatoms. The van der Waals surface area contributed by atoms with Gasteiger partial charge >= 0.3 is 5.69 Å². The van der Waals surface area contributed by atoms with Crippen LogP contribution in [0.1, 0.15) is 42.1 Å². The number of nitrogens with zero attached hydrogens (tertiary/aromatic N) is 4. The van der Waals surface area contributed by atoms with Crippen LogP contribution in [0.5, 0.6) is 0 Å². The molecule has 3 rings (SSSR count). The number of aromatic nitrogens is 4. The van der Waals surface area contributed by atoms with Crippen LogP contribution >= 0.6 is 0 Å². The highest BCUT2D eigenvalue weighted by molar-refractivity contribution is 5.76. The molecule has 1 aliphatic heterocycles. The zero-order chi connectivity index (χ0) is 17.1. The van der Waals surface area contributed by atoms with Crippen molar-refractivity contribution in [3.63, 3.8) is 0 Å². The predicted molar refractivity (Wildman–Crippen MR) is 89.7 cm³/mol. The molecule has 1 N–H and O–H groups in total. The molecule has 0 bridgehead atoms. The molecule has 0 radical (unpaired) electrons. The number of carbonyl (C=O) groups is 1. The van der Waals surface area contributed by atoms with E-state index in [2.05, 4.69) is 15.1 Å². The second-order valence-corrected chi connectivity index (χ2v) is 6.39. The molecule has 1 saturated heterocycles. The van der Waals surface area contributed by atoms with Crippen LogP contribution in [0.25, 0.3) is 0 Å². The van der Waals surface area contributed by atoms with Crippen molar-refractivity contribution in [2.45, 2.75) is 38.5 Å². The van der Waals surface area contributed by atoms with Crippen LogP contribution in [-0.4, -0.2) is 43.6 Å². The Hall–Kier alpha value is -2.44. The number of aromatic amines is 1. The Morgan fingerprint density at radius 1 is 1.46 bits per heavy atom. The van der Waals surface area contributed by atoms with Gasteiger partial charge in [-0.3, -0.25) is 9.48 Å². The molecular formula is C17H23N5O2. The molecule has 0 saturated carbocycles. The topological polar surface area (TPSA) is 83.9 Å². The van der Waals surface area contributed by atoms with Crippen LogP contribution in [0.3, 0.4) is 0 Å². The summed E-state index contributed by atoms with van der Waals surface area (Å²) in [6, 6.07) is 1.83. The van der Waals surface area contributed by atoms with Crippen LogP contribution in [-0.2, 0) is 18.3 Å². The van der Waals surface area contributed by atoms with E-state index < -0.39 is 0 Å². The van der Waals surface area contributed by atoms with Gasteiger partial charge in [0.25, 0.3) is 0 Å². The molecule has 0 unspecified atom stereocenters. The van der Waals surface area contributed by atoms with E-state index >= 15 is 0 Å². The molecule has 128 valence electrons. The number of carbonyl (C=O) groups excluding carboxylic acids is 1. The third-order valence-electron chi connectivity index (χ3n) is 4.86. The molecular weight excluding hydrogens is 306 g/mol. The number of H-pyrrole nitrogens is 1. The summed E-state index contributed by atoms with van der Waals surface area (Å²) in [5, 5.41) is 4.22. The van der Waals surface area contributed by atoms with E-state index in [9.17, 15) is 9.59 Å². The van der Waals surface area contributed by atoms with Gasteiger partial charge in [-0.1, -0.05) is 0 Å². The molecule has 1 amide bonds. The average molecular weight is 329 g/mol. The van der Waals surface area contributed by atoms with Gasteiger partial charge in [-0.2, -0.15) is 5.10 Å². The fourth-order valence-corrected chi connectivity index (χ4v) is 3.27. The predicted octanol–water partition coefficient (Wildman–Crippen LogP) is 1.15. The van der Waals surface area contributed by atoms with Crippen molar-refractivity contribution in [2.75, 3.05) is 13.1 Å². The van der Waals surface area contributed by atoms with E-state index in [1.165, 1.54) is 6.20 Å². The summed E-state index contributed by atoms with van der Waals surface area (Å²) in [5.74, 6) is 0.345. The molecule has 3 heterocycles. The number of aryl methyl sites for hydroxylation is 2. The smallest absolute Gasteiger partial charge is 0.342 e. The van der Waals surface area contributed by atoms with Crippen LogP contribution in [0, 0.1) is 6.92 Å². The number of hydrogen-bond acceptors (Lipinski definition) is 4. The Labute approximate surface area is 140 Å². The lowest BCUT2D eigenvalue weighted by Gasteiger charge is -2.32. The molecule has 0 spiro atoms. The fraction of sp³-hybridized carbons (Fsp3) is 0.529. The Balaban J connectivity index is 1.61. The number of amides is 1. The summed E-state index contributed by atoms with van der Waals surface area (Å²) in [6.07, 6.45) is 6.50.